The van der Waals surface area contributed by atoms with Gasteiger partial charge in [0.05, 0.1) is 28.0 Å². The van der Waals surface area contributed by atoms with Crippen LogP contribution in [0, 0.1) is 0 Å². The lowest BCUT2D eigenvalue weighted by molar-refractivity contribution is -0.137. The molecule has 1 N–H and O–H groups in total. The number of carbonyl (C=O) groups excluding carboxylic acids is 2. The SMILES string of the molecule is C[C@@H](CC(=O)c1cnc2sccn12)c1ncc(C(=O)Nc2cc(C(F)(F)F)c(Cl)cn2)s1. The first-order chi connectivity index (χ1) is 15.1. The number of ketones is 1. The Labute approximate surface area is 191 Å². The molecule has 1 amide bonds. The van der Waals surface area contributed by atoms with Crippen LogP contribution in [0.1, 0.15) is 50.0 Å². The summed E-state index contributed by atoms with van der Waals surface area (Å²) in [5, 5.41) is 4.14. The minimum absolute atomic E-state index is 0.116. The lowest BCUT2D eigenvalue weighted by atomic mass is 10.0. The third kappa shape index (κ3) is 4.52. The Kier molecular flexibility index (Phi) is 6.01. The normalized spacial score (nSPS) is 12.8. The van der Waals surface area contributed by atoms with Gasteiger partial charge in [0.15, 0.2) is 10.7 Å². The van der Waals surface area contributed by atoms with Gasteiger partial charge >= 0.3 is 6.18 Å². The van der Waals surface area contributed by atoms with Crippen LogP contribution in [-0.4, -0.2) is 31.0 Å². The van der Waals surface area contributed by atoms with Gasteiger partial charge in [0.1, 0.15) is 16.4 Å². The molecule has 7 nitrogen and oxygen atoms in total. The van der Waals surface area contributed by atoms with E-state index >= 15 is 0 Å². The number of rotatable bonds is 6. The van der Waals surface area contributed by atoms with Crippen LogP contribution in [0.5, 0.6) is 0 Å². The molecule has 0 bridgehead atoms. The molecule has 1 atom stereocenters. The molecule has 0 saturated heterocycles. The fraction of sp³-hybridized carbons (Fsp3) is 0.211. The van der Waals surface area contributed by atoms with Crippen molar-refractivity contribution in [2.24, 2.45) is 0 Å². The van der Waals surface area contributed by atoms with E-state index in [1.807, 2.05) is 5.38 Å². The maximum Gasteiger partial charge on any atom is 0.418 e. The molecule has 4 heterocycles. The average Bonchev–Trinajstić information content (AvgIpc) is 3.45. The van der Waals surface area contributed by atoms with Gasteiger partial charge in [0.2, 0.25) is 0 Å². The third-order valence-corrected chi connectivity index (χ3v) is 6.79. The van der Waals surface area contributed by atoms with Crippen LogP contribution in [0.2, 0.25) is 5.02 Å². The van der Waals surface area contributed by atoms with Gasteiger partial charge in [0, 0.05) is 30.1 Å². The van der Waals surface area contributed by atoms with Crippen molar-refractivity contribution < 1.29 is 22.8 Å². The number of hydrogen-bond acceptors (Lipinski definition) is 7. The number of nitrogens with zero attached hydrogens (tertiary/aromatic N) is 4. The summed E-state index contributed by atoms with van der Waals surface area (Å²) in [5.41, 5.74) is -0.627. The van der Waals surface area contributed by atoms with Gasteiger partial charge < -0.3 is 5.32 Å². The van der Waals surface area contributed by atoms with E-state index in [0.29, 0.717) is 16.8 Å². The van der Waals surface area contributed by atoms with Gasteiger partial charge in [-0.05, 0) is 6.07 Å². The van der Waals surface area contributed by atoms with Crippen molar-refractivity contribution >= 4 is 56.7 Å². The highest BCUT2D eigenvalue weighted by molar-refractivity contribution is 7.15. The summed E-state index contributed by atoms with van der Waals surface area (Å²) < 4.78 is 40.7. The molecule has 0 saturated carbocycles. The summed E-state index contributed by atoms with van der Waals surface area (Å²) in [6.45, 7) is 1.81. The number of carbonyl (C=O) groups is 2. The fourth-order valence-corrected chi connectivity index (χ4v) is 4.69. The summed E-state index contributed by atoms with van der Waals surface area (Å²) in [6.07, 6.45) is 0.913. The van der Waals surface area contributed by atoms with Crippen molar-refractivity contribution in [3.63, 3.8) is 0 Å². The summed E-state index contributed by atoms with van der Waals surface area (Å²) in [7, 11) is 0. The van der Waals surface area contributed by atoms with Crippen LogP contribution in [0.25, 0.3) is 4.96 Å². The molecule has 0 fully saturated rings. The summed E-state index contributed by atoms with van der Waals surface area (Å²) >= 11 is 8.02. The number of imidazole rings is 1. The first-order valence-corrected chi connectivity index (χ1v) is 11.1. The molecule has 0 unspecified atom stereocenters. The molecule has 32 heavy (non-hydrogen) atoms. The van der Waals surface area contributed by atoms with E-state index in [-0.39, 0.29) is 28.8 Å². The second-order valence-electron chi connectivity index (χ2n) is 6.79. The van der Waals surface area contributed by atoms with Gasteiger partial charge in [0.25, 0.3) is 5.91 Å². The van der Waals surface area contributed by atoms with E-state index in [1.54, 1.807) is 17.5 Å². The second kappa shape index (κ2) is 8.60. The Morgan fingerprint density at radius 1 is 1.22 bits per heavy atom. The van der Waals surface area contributed by atoms with E-state index < -0.39 is 22.7 Å². The van der Waals surface area contributed by atoms with Gasteiger partial charge in [-0.1, -0.05) is 18.5 Å². The number of Topliss-reactive ketones (excluding diaryl/α,β-unsaturated/α-hetero) is 1. The van der Waals surface area contributed by atoms with Crippen LogP contribution in [-0.2, 0) is 6.18 Å². The van der Waals surface area contributed by atoms with Crippen molar-refractivity contribution in [1.82, 2.24) is 19.4 Å². The van der Waals surface area contributed by atoms with Crippen molar-refractivity contribution in [2.75, 3.05) is 5.32 Å². The number of thiazole rings is 2. The number of anilines is 1. The van der Waals surface area contributed by atoms with Crippen LogP contribution in [0.3, 0.4) is 0 Å². The lowest BCUT2D eigenvalue weighted by Crippen LogP contribution is -2.13. The highest BCUT2D eigenvalue weighted by Gasteiger charge is 2.34. The van der Waals surface area contributed by atoms with E-state index in [9.17, 15) is 22.8 Å². The lowest BCUT2D eigenvalue weighted by Gasteiger charge is -2.10. The molecule has 0 aromatic carbocycles. The number of amides is 1. The van der Waals surface area contributed by atoms with Crippen molar-refractivity contribution in [2.45, 2.75) is 25.4 Å². The Morgan fingerprint density at radius 3 is 2.75 bits per heavy atom. The highest BCUT2D eigenvalue weighted by atomic mass is 35.5. The zero-order valence-corrected chi connectivity index (χ0v) is 18.6. The number of fused-ring (bicyclic) bond motifs is 1. The van der Waals surface area contributed by atoms with E-state index in [1.165, 1.54) is 23.7 Å². The molecule has 4 rings (SSSR count). The smallest absolute Gasteiger partial charge is 0.306 e. The monoisotopic (exact) mass is 499 g/mol. The molecular weight excluding hydrogens is 487 g/mol. The number of hydrogen-bond donors (Lipinski definition) is 1. The Hall–Kier alpha value is -2.83. The quantitative estimate of drug-likeness (QED) is 0.351. The molecule has 0 aliphatic rings. The molecule has 0 radical (unpaired) electrons. The fourth-order valence-electron chi connectivity index (χ4n) is 2.93. The second-order valence-corrected chi connectivity index (χ2v) is 9.13. The predicted octanol–water partition coefficient (Wildman–Crippen LogP) is 5.55. The summed E-state index contributed by atoms with van der Waals surface area (Å²) in [6, 6.07) is 0.667. The Morgan fingerprint density at radius 2 is 2.00 bits per heavy atom. The molecular formula is C19H13ClF3N5O2S2. The topological polar surface area (TPSA) is 89.3 Å². The molecule has 4 aromatic rings. The maximum atomic E-state index is 13.0. The molecule has 0 spiro atoms. The number of halogens is 4. The zero-order valence-electron chi connectivity index (χ0n) is 16.2. The first kappa shape index (κ1) is 22.4. The molecule has 166 valence electrons. The van der Waals surface area contributed by atoms with Crippen molar-refractivity contribution in [3.8, 4) is 0 Å². The predicted molar refractivity (Wildman–Crippen MR) is 115 cm³/mol. The van der Waals surface area contributed by atoms with Crippen LogP contribution >= 0.6 is 34.3 Å². The molecule has 4 aromatic heterocycles. The van der Waals surface area contributed by atoms with Gasteiger partial charge in [-0.2, -0.15) is 13.2 Å². The van der Waals surface area contributed by atoms with Crippen molar-refractivity contribution in [3.05, 3.63) is 62.4 Å². The van der Waals surface area contributed by atoms with Crippen LogP contribution in [0.15, 0.2) is 36.2 Å². The minimum Gasteiger partial charge on any atom is -0.306 e. The van der Waals surface area contributed by atoms with Gasteiger partial charge in [-0.15, -0.1) is 22.7 Å². The maximum absolute atomic E-state index is 13.0. The molecule has 0 aliphatic heterocycles. The third-order valence-electron chi connectivity index (χ3n) is 4.49. The number of nitrogens with one attached hydrogen (secondary N) is 1. The Bertz CT molecular complexity index is 1310. The summed E-state index contributed by atoms with van der Waals surface area (Å²) in [5.74, 6) is -1.34. The summed E-state index contributed by atoms with van der Waals surface area (Å²) in [4.78, 5) is 38.1. The standard InChI is InChI=1S/C19H13ClF3N5O2S2/c1-9(4-13(29)12-7-26-18-28(12)2-3-31-18)17-25-8-14(32-17)16(30)27-15-5-10(19(21,22)23)11(20)6-24-15/h2-3,5-9H,4H2,1H3,(H,24,27,30)/t9-/m0/s1. The largest absolute Gasteiger partial charge is 0.418 e. The zero-order chi connectivity index (χ0) is 23.0. The van der Waals surface area contributed by atoms with Gasteiger partial charge in [-0.3, -0.25) is 14.0 Å². The number of pyridine rings is 1. The highest BCUT2D eigenvalue weighted by Crippen LogP contribution is 2.35. The number of alkyl halides is 3. The van der Waals surface area contributed by atoms with E-state index in [4.69, 9.17) is 11.6 Å². The molecule has 0 aliphatic carbocycles. The number of aromatic nitrogens is 4. The van der Waals surface area contributed by atoms with Gasteiger partial charge in [-0.25, -0.2) is 15.0 Å². The van der Waals surface area contributed by atoms with Crippen LogP contribution in [0.4, 0.5) is 19.0 Å². The van der Waals surface area contributed by atoms with Crippen molar-refractivity contribution in [1.29, 1.82) is 0 Å². The average molecular weight is 500 g/mol. The molecule has 13 heteroatoms. The van der Waals surface area contributed by atoms with E-state index in [0.717, 1.165) is 22.5 Å². The van der Waals surface area contributed by atoms with Crippen LogP contribution < -0.4 is 5.32 Å². The first-order valence-electron chi connectivity index (χ1n) is 9.07. The minimum atomic E-state index is -4.68. The Balaban J connectivity index is 1.44. The van der Waals surface area contributed by atoms with E-state index in [2.05, 4.69) is 20.3 Å².